The molecule has 0 spiro atoms. The molecule has 0 aliphatic carbocycles. The molecule has 0 saturated heterocycles. The molecule has 2 rings (SSSR count). The van der Waals surface area contributed by atoms with E-state index in [-0.39, 0.29) is 4.99 Å². The highest BCUT2D eigenvalue weighted by molar-refractivity contribution is 7.73. The summed E-state index contributed by atoms with van der Waals surface area (Å²) >= 11 is 0. The van der Waals surface area contributed by atoms with E-state index in [1.165, 1.54) is 0 Å². The van der Waals surface area contributed by atoms with Crippen LogP contribution in [0.3, 0.4) is 0 Å². The van der Waals surface area contributed by atoms with Gasteiger partial charge in [0.2, 0.25) is 10.3 Å². The summed E-state index contributed by atoms with van der Waals surface area (Å²) in [6.07, 6.45) is 2.49. The lowest BCUT2D eigenvalue weighted by atomic mass is 10.4. The van der Waals surface area contributed by atoms with Gasteiger partial charge in [0.05, 0.1) is 5.69 Å². The first-order valence-corrected chi connectivity index (χ1v) is 5.09. The Hall–Kier alpha value is -1.14. The van der Waals surface area contributed by atoms with Crippen LogP contribution in [0.2, 0.25) is 0 Å². The van der Waals surface area contributed by atoms with Crippen LogP contribution in [-0.4, -0.2) is 29.7 Å². The minimum atomic E-state index is -2.21. The first-order chi connectivity index (χ1) is 6.29. The smallest absolute Gasteiger partial charge is 0.234 e. The van der Waals surface area contributed by atoms with Crippen LogP contribution in [0.25, 0.3) is 0 Å². The molecule has 70 valence electrons. The molecule has 6 heteroatoms. The minimum Gasteiger partial charge on any atom is -0.274 e. The van der Waals surface area contributed by atoms with Crippen LogP contribution < -0.4 is 5.32 Å². The molecule has 5 nitrogen and oxygen atoms in total. The number of aromatic nitrogens is 2. The fourth-order valence-electron chi connectivity index (χ4n) is 1.37. The third-order valence-electron chi connectivity index (χ3n) is 1.95. The Bertz CT molecular complexity index is 438. The first-order valence-electron chi connectivity index (χ1n) is 4.01. The molecule has 0 radical (unpaired) electrons. The fourth-order valence-corrected chi connectivity index (χ4v) is 1.93. The summed E-state index contributed by atoms with van der Waals surface area (Å²) in [5, 5.41) is 6.90. The second-order valence-electron chi connectivity index (χ2n) is 2.78. The van der Waals surface area contributed by atoms with Gasteiger partial charge < -0.3 is 0 Å². The molecule has 2 heterocycles. The monoisotopic (exact) mass is 199 g/mol. The van der Waals surface area contributed by atoms with E-state index in [1.807, 2.05) is 0 Å². The summed E-state index contributed by atoms with van der Waals surface area (Å²) in [6, 6.07) is 1.70. The van der Waals surface area contributed by atoms with Gasteiger partial charge in [0.15, 0.2) is 4.99 Å². The van der Waals surface area contributed by atoms with Crippen LogP contribution in [0, 0.1) is 0 Å². The van der Waals surface area contributed by atoms with Crippen molar-refractivity contribution in [2.45, 2.75) is 13.0 Å². The van der Waals surface area contributed by atoms with E-state index in [0.717, 1.165) is 13.0 Å². The van der Waals surface area contributed by atoms with E-state index in [0.29, 0.717) is 12.2 Å². The maximum atomic E-state index is 10.8. The Kier molecular flexibility index (Phi) is 2.15. The molecule has 1 aromatic rings. The number of hydrogen-bond donors (Lipinski definition) is 1. The van der Waals surface area contributed by atoms with E-state index < -0.39 is 10.3 Å². The topological polar surface area (TPSA) is 64.0 Å². The van der Waals surface area contributed by atoms with Gasteiger partial charge in [0, 0.05) is 19.3 Å². The van der Waals surface area contributed by atoms with Gasteiger partial charge in [-0.15, -0.1) is 0 Å². The Balaban J connectivity index is 2.61. The van der Waals surface area contributed by atoms with E-state index in [1.54, 1.807) is 16.9 Å². The number of rotatable bonds is 0. The number of fused-ring (bicyclic) bond motifs is 1. The third-order valence-corrected chi connectivity index (χ3v) is 2.63. The molecule has 0 unspecified atom stereocenters. The molecule has 1 aliphatic heterocycles. The summed E-state index contributed by atoms with van der Waals surface area (Å²) in [5.74, 6) is 0. The number of aryl methyl sites for hydroxylation is 1. The Labute approximate surface area is 76.9 Å². The first kappa shape index (κ1) is 8.46. The predicted molar refractivity (Wildman–Crippen MR) is 47.9 cm³/mol. The summed E-state index contributed by atoms with van der Waals surface area (Å²) in [7, 11) is -2.21. The second-order valence-corrected chi connectivity index (χ2v) is 3.66. The van der Waals surface area contributed by atoms with Crippen molar-refractivity contribution in [3.63, 3.8) is 0 Å². The molecule has 0 fully saturated rings. The molecule has 1 aliphatic rings. The van der Waals surface area contributed by atoms with Gasteiger partial charge in [0.1, 0.15) is 0 Å². The zero-order valence-electron chi connectivity index (χ0n) is 6.90. The summed E-state index contributed by atoms with van der Waals surface area (Å²) < 4.78 is 23.4. The van der Waals surface area contributed by atoms with Gasteiger partial charge in [-0.2, -0.15) is 13.5 Å². The van der Waals surface area contributed by atoms with E-state index >= 15 is 0 Å². The highest BCUT2D eigenvalue weighted by Gasteiger charge is 2.14. The van der Waals surface area contributed by atoms with Crippen molar-refractivity contribution >= 4 is 15.3 Å². The van der Waals surface area contributed by atoms with Crippen LogP contribution in [0.5, 0.6) is 0 Å². The SMILES string of the molecule is O=S(=O)=C1NCCCn2nccc21. The van der Waals surface area contributed by atoms with E-state index in [9.17, 15) is 8.42 Å². The average Bonchev–Trinajstić information content (AvgIpc) is 2.44. The van der Waals surface area contributed by atoms with Gasteiger partial charge in [-0.1, -0.05) is 0 Å². The number of nitrogens with one attached hydrogen (secondary N) is 1. The maximum Gasteiger partial charge on any atom is 0.234 e. The lowest BCUT2D eigenvalue weighted by Gasteiger charge is -1.99. The molecule has 1 N–H and O–H groups in total. The lowest BCUT2D eigenvalue weighted by Crippen LogP contribution is -2.25. The quantitative estimate of drug-likeness (QED) is 0.557. The van der Waals surface area contributed by atoms with Crippen molar-refractivity contribution in [2.24, 2.45) is 0 Å². The molecule has 0 bridgehead atoms. The van der Waals surface area contributed by atoms with E-state index in [4.69, 9.17) is 0 Å². The van der Waals surface area contributed by atoms with Crippen LogP contribution in [0.4, 0.5) is 0 Å². The highest BCUT2D eigenvalue weighted by atomic mass is 32.2. The van der Waals surface area contributed by atoms with E-state index in [2.05, 4.69) is 10.4 Å². The summed E-state index contributed by atoms with van der Waals surface area (Å²) in [4.78, 5) is 0.245. The normalized spacial score (nSPS) is 16.5. The summed E-state index contributed by atoms with van der Waals surface area (Å²) in [5.41, 5.74) is 0.644. The van der Waals surface area contributed by atoms with Crippen molar-refractivity contribution in [1.29, 1.82) is 0 Å². The predicted octanol–water partition coefficient (Wildman–Crippen LogP) is -0.766. The van der Waals surface area contributed by atoms with Crippen molar-refractivity contribution < 1.29 is 8.42 Å². The van der Waals surface area contributed by atoms with Gasteiger partial charge in [0.25, 0.3) is 0 Å². The Morgan fingerprint density at radius 3 is 3.15 bits per heavy atom. The molecule has 1 aromatic heterocycles. The molecule has 0 amide bonds. The Morgan fingerprint density at radius 1 is 1.54 bits per heavy atom. The zero-order valence-corrected chi connectivity index (χ0v) is 7.71. The van der Waals surface area contributed by atoms with Crippen molar-refractivity contribution in [2.75, 3.05) is 6.54 Å². The van der Waals surface area contributed by atoms with Crippen molar-refractivity contribution in [3.8, 4) is 0 Å². The molecular weight excluding hydrogens is 190 g/mol. The van der Waals surface area contributed by atoms with Crippen LogP contribution in [-0.2, 0) is 16.8 Å². The zero-order chi connectivity index (χ0) is 9.26. The van der Waals surface area contributed by atoms with Gasteiger partial charge in [-0.25, -0.2) is 0 Å². The maximum absolute atomic E-state index is 10.8. The van der Waals surface area contributed by atoms with Crippen LogP contribution in [0.15, 0.2) is 12.3 Å². The van der Waals surface area contributed by atoms with Crippen LogP contribution >= 0.6 is 0 Å². The molecule has 0 aromatic carbocycles. The lowest BCUT2D eigenvalue weighted by molar-refractivity contribution is 0.587. The minimum absolute atomic E-state index is 0.245. The average molecular weight is 199 g/mol. The fraction of sp³-hybridized carbons (Fsp3) is 0.429. The standard InChI is InChI=1S/C7H9N3O2S/c11-13(12)7-6-2-4-9-10(6)5-1-3-8-7/h2,4,8H,1,3,5H2. The molecule has 0 atom stereocenters. The van der Waals surface area contributed by atoms with Crippen molar-refractivity contribution in [3.05, 3.63) is 18.0 Å². The molecular formula is C7H9N3O2S. The number of nitrogens with zero attached hydrogens (tertiary/aromatic N) is 2. The van der Waals surface area contributed by atoms with Crippen LogP contribution in [0.1, 0.15) is 12.1 Å². The molecule has 0 saturated carbocycles. The van der Waals surface area contributed by atoms with Gasteiger partial charge in [-0.05, 0) is 12.5 Å². The summed E-state index contributed by atoms with van der Waals surface area (Å²) in [6.45, 7) is 1.43. The largest absolute Gasteiger partial charge is 0.274 e. The molecule has 13 heavy (non-hydrogen) atoms. The number of hydrogen-bond acceptors (Lipinski definition) is 3. The van der Waals surface area contributed by atoms with Crippen molar-refractivity contribution in [1.82, 2.24) is 15.1 Å². The van der Waals surface area contributed by atoms with Gasteiger partial charge >= 0.3 is 0 Å². The second kappa shape index (κ2) is 3.31. The highest BCUT2D eigenvalue weighted by Crippen LogP contribution is 2.03. The Morgan fingerprint density at radius 2 is 2.38 bits per heavy atom. The van der Waals surface area contributed by atoms with Gasteiger partial charge in [-0.3, -0.25) is 10.00 Å². The third kappa shape index (κ3) is 1.50.